The molecule has 2 aromatic rings. The lowest BCUT2D eigenvalue weighted by Gasteiger charge is -2.18. The van der Waals surface area contributed by atoms with Crippen molar-refractivity contribution in [3.63, 3.8) is 0 Å². The van der Waals surface area contributed by atoms with Crippen molar-refractivity contribution in [1.82, 2.24) is 0 Å². The molecule has 0 fully saturated rings. The molecule has 1 N–H and O–H groups in total. The number of ketones is 2. The number of hydrogen-bond donors (Lipinski definition) is 1. The van der Waals surface area contributed by atoms with Crippen LogP contribution in [-0.4, -0.2) is 16.7 Å². The number of halogens is 1. The van der Waals surface area contributed by atoms with E-state index in [2.05, 4.69) is 0 Å². The van der Waals surface area contributed by atoms with Crippen LogP contribution in [0.4, 0.5) is 4.39 Å². The Morgan fingerprint density at radius 3 is 1.95 bits per heavy atom. The number of benzene rings is 2. The van der Waals surface area contributed by atoms with Gasteiger partial charge < -0.3 is 5.11 Å². The summed E-state index contributed by atoms with van der Waals surface area (Å²) in [6, 6.07) is 11.8. The van der Waals surface area contributed by atoms with E-state index in [4.69, 9.17) is 0 Å². The fraction of sp³-hybridized carbons (Fsp3) is 0. The minimum atomic E-state index is -0.897. The van der Waals surface area contributed by atoms with Crippen molar-refractivity contribution in [3.05, 3.63) is 71.0 Å². The summed E-state index contributed by atoms with van der Waals surface area (Å²) in [5.74, 6) is -2.66. The number of allylic oxidation sites excluding steroid dienone is 1. The van der Waals surface area contributed by atoms with Crippen LogP contribution in [0.1, 0.15) is 21.5 Å². The number of aliphatic hydroxyl groups excluding tert-OH is 1. The number of fused-ring (bicyclic) bond motifs is 1. The highest BCUT2D eigenvalue weighted by atomic mass is 19.1. The maximum absolute atomic E-state index is 13.8. The second-order valence-corrected chi connectivity index (χ2v) is 4.41. The quantitative estimate of drug-likeness (QED) is 0.809. The Labute approximate surface area is 114 Å². The van der Waals surface area contributed by atoms with E-state index in [1.165, 1.54) is 36.4 Å². The molecule has 0 saturated carbocycles. The predicted molar refractivity (Wildman–Crippen MR) is 71.6 cm³/mol. The summed E-state index contributed by atoms with van der Waals surface area (Å²) in [7, 11) is 0. The summed E-state index contributed by atoms with van der Waals surface area (Å²) in [4.78, 5) is 24.2. The zero-order chi connectivity index (χ0) is 14.3. The number of rotatable bonds is 1. The summed E-state index contributed by atoms with van der Waals surface area (Å²) >= 11 is 0. The molecule has 2 aromatic carbocycles. The van der Waals surface area contributed by atoms with Gasteiger partial charge in [-0.05, 0) is 6.07 Å². The molecule has 1 aliphatic carbocycles. The third-order valence-corrected chi connectivity index (χ3v) is 3.24. The van der Waals surface area contributed by atoms with Gasteiger partial charge in [-0.3, -0.25) is 9.59 Å². The van der Waals surface area contributed by atoms with Crippen LogP contribution in [0.2, 0.25) is 0 Å². The lowest BCUT2D eigenvalue weighted by molar-refractivity contribution is -0.110. The zero-order valence-corrected chi connectivity index (χ0v) is 10.3. The average molecular weight is 268 g/mol. The maximum Gasteiger partial charge on any atom is 0.238 e. The third-order valence-electron chi connectivity index (χ3n) is 3.24. The van der Waals surface area contributed by atoms with E-state index >= 15 is 0 Å². The highest BCUT2D eigenvalue weighted by molar-refractivity contribution is 6.62. The molecule has 0 heterocycles. The van der Waals surface area contributed by atoms with Crippen LogP contribution < -0.4 is 0 Å². The summed E-state index contributed by atoms with van der Waals surface area (Å²) < 4.78 is 13.8. The second kappa shape index (κ2) is 4.42. The molecule has 98 valence electrons. The first-order valence-corrected chi connectivity index (χ1v) is 5.98. The molecule has 0 aliphatic heterocycles. The summed E-state index contributed by atoms with van der Waals surface area (Å²) in [5, 5.41) is 10.2. The number of Topliss-reactive ketones (excluding diaryl/α,β-unsaturated/α-hetero) is 2. The van der Waals surface area contributed by atoms with E-state index in [1.54, 1.807) is 12.1 Å². The molecule has 4 heteroatoms. The molecule has 1 aliphatic rings. The largest absolute Gasteiger partial charge is 0.506 e. The van der Waals surface area contributed by atoms with E-state index in [0.717, 1.165) is 0 Å². The molecule has 3 nitrogen and oxygen atoms in total. The SMILES string of the molecule is O=C1C(=O)c2ccccc2C(O)=C1c1ccccc1F. The fourth-order valence-electron chi connectivity index (χ4n) is 2.28. The van der Waals surface area contributed by atoms with Crippen molar-refractivity contribution in [2.24, 2.45) is 0 Å². The van der Waals surface area contributed by atoms with Gasteiger partial charge in [-0.25, -0.2) is 4.39 Å². The minimum Gasteiger partial charge on any atom is -0.506 e. The molecule has 0 atom stereocenters. The Morgan fingerprint density at radius 2 is 1.30 bits per heavy atom. The molecule has 0 aromatic heterocycles. The van der Waals surface area contributed by atoms with Gasteiger partial charge in [0.1, 0.15) is 11.6 Å². The monoisotopic (exact) mass is 268 g/mol. The molecule has 0 saturated heterocycles. The van der Waals surface area contributed by atoms with E-state index < -0.39 is 17.4 Å². The highest BCUT2D eigenvalue weighted by Gasteiger charge is 2.34. The smallest absolute Gasteiger partial charge is 0.238 e. The van der Waals surface area contributed by atoms with E-state index in [1.807, 2.05) is 0 Å². The van der Waals surface area contributed by atoms with E-state index in [0.29, 0.717) is 0 Å². The van der Waals surface area contributed by atoms with Gasteiger partial charge >= 0.3 is 0 Å². The molecular weight excluding hydrogens is 259 g/mol. The van der Waals surface area contributed by atoms with Crippen molar-refractivity contribution >= 4 is 22.9 Å². The van der Waals surface area contributed by atoms with E-state index in [-0.39, 0.29) is 28.0 Å². The molecule has 0 amide bonds. The Balaban J connectivity index is 2.33. The lowest BCUT2D eigenvalue weighted by atomic mass is 9.85. The lowest BCUT2D eigenvalue weighted by Crippen LogP contribution is -2.23. The fourth-order valence-corrected chi connectivity index (χ4v) is 2.28. The summed E-state index contributed by atoms with van der Waals surface area (Å²) in [5.41, 5.74) is 0.0232. The van der Waals surface area contributed by atoms with Crippen LogP contribution in [0.25, 0.3) is 11.3 Å². The van der Waals surface area contributed by atoms with Gasteiger partial charge in [-0.15, -0.1) is 0 Å². The normalized spacial score (nSPS) is 14.4. The van der Waals surface area contributed by atoms with Gasteiger partial charge in [0.25, 0.3) is 0 Å². The molecule has 0 unspecified atom stereocenters. The van der Waals surface area contributed by atoms with Crippen molar-refractivity contribution in [2.45, 2.75) is 0 Å². The third kappa shape index (κ3) is 1.66. The molecule has 3 rings (SSSR count). The van der Waals surface area contributed by atoms with Gasteiger partial charge in [0, 0.05) is 16.7 Å². The van der Waals surface area contributed by atoms with Crippen LogP contribution in [0, 0.1) is 5.82 Å². The number of aliphatic hydroxyl groups is 1. The van der Waals surface area contributed by atoms with Crippen LogP contribution in [0.3, 0.4) is 0 Å². The van der Waals surface area contributed by atoms with Gasteiger partial charge in [0.15, 0.2) is 0 Å². The summed E-state index contributed by atoms with van der Waals surface area (Å²) in [6.07, 6.45) is 0. The maximum atomic E-state index is 13.8. The number of carbonyl (C=O) groups is 2. The summed E-state index contributed by atoms with van der Waals surface area (Å²) in [6.45, 7) is 0. The standard InChI is InChI=1S/C16H9FO3/c17-12-8-4-3-7-11(12)13-14(18)9-5-1-2-6-10(9)15(19)16(13)20/h1-8,18H. The molecular formula is C16H9FO3. The minimum absolute atomic E-state index is 0.0714. The van der Waals surface area contributed by atoms with Crippen LogP contribution in [-0.2, 0) is 4.79 Å². The van der Waals surface area contributed by atoms with Gasteiger partial charge in [-0.2, -0.15) is 0 Å². The molecule has 0 radical (unpaired) electrons. The Bertz CT molecular complexity index is 775. The van der Waals surface area contributed by atoms with Gasteiger partial charge in [-0.1, -0.05) is 42.5 Å². The van der Waals surface area contributed by atoms with Crippen LogP contribution in [0.5, 0.6) is 0 Å². The average Bonchev–Trinajstić information content (AvgIpc) is 2.47. The van der Waals surface area contributed by atoms with Gasteiger partial charge in [0.2, 0.25) is 11.6 Å². The highest BCUT2D eigenvalue weighted by Crippen LogP contribution is 2.34. The van der Waals surface area contributed by atoms with Crippen molar-refractivity contribution in [1.29, 1.82) is 0 Å². The van der Waals surface area contributed by atoms with Crippen LogP contribution >= 0.6 is 0 Å². The Kier molecular flexibility index (Phi) is 2.71. The van der Waals surface area contributed by atoms with Gasteiger partial charge in [0.05, 0.1) is 5.57 Å². The second-order valence-electron chi connectivity index (χ2n) is 4.41. The molecule has 20 heavy (non-hydrogen) atoms. The van der Waals surface area contributed by atoms with Crippen molar-refractivity contribution in [2.75, 3.05) is 0 Å². The number of carbonyl (C=O) groups excluding carboxylic acids is 2. The first kappa shape index (κ1) is 12.3. The van der Waals surface area contributed by atoms with Crippen molar-refractivity contribution < 1.29 is 19.1 Å². The first-order valence-electron chi connectivity index (χ1n) is 5.98. The first-order chi connectivity index (χ1) is 9.61. The topological polar surface area (TPSA) is 54.4 Å². The Hall–Kier alpha value is -2.75. The van der Waals surface area contributed by atoms with Crippen molar-refractivity contribution in [3.8, 4) is 0 Å². The van der Waals surface area contributed by atoms with Crippen LogP contribution in [0.15, 0.2) is 48.5 Å². The molecule has 0 bridgehead atoms. The number of hydrogen-bond acceptors (Lipinski definition) is 3. The molecule has 0 spiro atoms. The van der Waals surface area contributed by atoms with E-state index in [9.17, 15) is 19.1 Å². The Morgan fingerprint density at radius 1 is 0.750 bits per heavy atom. The predicted octanol–water partition coefficient (Wildman–Crippen LogP) is 3.02. The zero-order valence-electron chi connectivity index (χ0n) is 10.3.